The number of aromatic amines is 1. The average Bonchev–Trinajstić information content (AvgIpc) is 2.95. The molecule has 0 spiro atoms. The zero-order valence-corrected chi connectivity index (χ0v) is 14.4. The van der Waals surface area contributed by atoms with Gasteiger partial charge in [0.15, 0.2) is 5.65 Å². The first kappa shape index (κ1) is 16.9. The third kappa shape index (κ3) is 3.32. The third-order valence-corrected chi connectivity index (χ3v) is 4.19. The van der Waals surface area contributed by atoms with Crippen LogP contribution in [-0.2, 0) is 17.9 Å². The first-order chi connectivity index (χ1) is 12.0. The normalized spacial score (nSPS) is 11.0. The average molecular weight is 340 g/mol. The highest BCUT2D eigenvalue weighted by molar-refractivity contribution is 5.95. The maximum atomic E-state index is 12.6. The fourth-order valence-electron chi connectivity index (χ4n) is 2.90. The molecule has 2 heterocycles. The second-order valence-electron chi connectivity index (χ2n) is 5.85. The van der Waals surface area contributed by atoms with E-state index in [1.165, 1.54) is 6.07 Å². The van der Waals surface area contributed by atoms with Crippen LogP contribution in [0.3, 0.4) is 0 Å². The maximum Gasteiger partial charge on any atom is 0.266 e. The quantitative estimate of drug-likeness (QED) is 0.740. The summed E-state index contributed by atoms with van der Waals surface area (Å²) >= 11 is 0. The Morgan fingerprint density at radius 1 is 1.32 bits per heavy atom. The lowest BCUT2D eigenvalue weighted by Gasteiger charge is -2.13. The van der Waals surface area contributed by atoms with E-state index in [1.807, 2.05) is 32.0 Å². The van der Waals surface area contributed by atoms with E-state index in [0.717, 1.165) is 22.5 Å². The molecule has 7 nitrogen and oxygen atoms in total. The summed E-state index contributed by atoms with van der Waals surface area (Å²) in [6.07, 6.45) is 0. The molecule has 2 N–H and O–H groups in total. The number of aryl methyl sites for hydroxylation is 2. The molecule has 130 valence electrons. The molecule has 0 saturated heterocycles. The summed E-state index contributed by atoms with van der Waals surface area (Å²) < 4.78 is 6.78. The Hall–Kier alpha value is -2.93. The number of ether oxygens (including phenoxy) is 1. The molecule has 0 atom stereocenters. The molecular weight excluding hydrogens is 320 g/mol. The number of nitrogens with one attached hydrogen (secondary N) is 2. The van der Waals surface area contributed by atoms with Gasteiger partial charge in [-0.1, -0.05) is 18.2 Å². The summed E-state index contributed by atoms with van der Waals surface area (Å²) in [4.78, 5) is 28.5. The number of fused-ring (bicyclic) bond motifs is 1. The lowest BCUT2D eigenvalue weighted by molar-refractivity contribution is 0.0946. The van der Waals surface area contributed by atoms with Crippen LogP contribution >= 0.6 is 0 Å². The van der Waals surface area contributed by atoms with Crippen LogP contribution in [-0.4, -0.2) is 27.6 Å². The summed E-state index contributed by atoms with van der Waals surface area (Å²) in [7, 11) is 1.60. The predicted octanol–water partition coefficient (Wildman–Crippen LogP) is 1.72. The highest BCUT2D eigenvalue weighted by Gasteiger charge is 2.14. The molecule has 0 bridgehead atoms. The number of hydrogen-bond donors (Lipinski definition) is 2. The molecule has 2 aromatic heterocycles. The molecule has 0 aliphatic rings. The standard InChI is InChI=1S/C18H20N4O3/c1-11-15(12(2)22-16(20-11)8-17(23)21-22)9-19-18(24)14-7-5-4-6-13(14)10-25-3/h4-8H,9-10H2,1-3H3,(H,19,24)(H,21,23). The van der Waals surface area contributed by atoms with Gasteiger partial charge in [-0.3, -0.25) is 14.7 Å². The van der Waals surface area contributed by atoms with Gasteiger partial charge < -0.3 is 10.1 Å². The first-order valence-electron chi connectivity index (χ1n) is 7.94. The number of aromatic nitrogens is 3. The SMILES string of the molecule is COCc1ccccc1C(=O)NCc1c(C)nc2cc(=O)[nH]n2c1C. The van der Waals surface area contributed by atoms with Crippen molar-refractivity contribution in [3.05, 3.63) is 68.8 Å². The van der Waals surface area contributed by atoms with Gasteiger partial charge in [-0.2, -0.15) is 0 Å². The van der Waals surface area contributed by atoms with Crippen LogP contribution in [0.5, 0.6) is 0 Å². The van der Waals surface area contributed by atoms with Crippen molar-refractivity contribution in [3.8, 4) is 0 Å². The Balaban J connectivity index is 1.85. The van der Waals surface area contributed by atoms with Crippen molar-refractivity contribution < 1.29 is 9.53 Å². The van der Waals surface area contributed by atoms with Gasteiger partial charge in [0.1, 0.15) is 0 Å². The molecule has 3 aromatic rings. The van der Waals surface area contributed by atoms with Gasteiger partial charge in [-0.05, 0) is 25.5 Å². The van der Waals surface area contributed by atoms with E-state index < -0.39 is 0 Å². The summed E-state index contributed by atoms with van der Waals surface area (Å²) in [6.45, 7) is 4.45. The molecule has 3 rings (SSSR count). The third-order valence-electron chi connectivity index (χ3n) is 4.19. The monoisotopic (exact) mass is 340 g/mol. The molecule has 0 aliphatic carbocycles. The molecular formula is C18H20N4O3. The number of carbonyl (C=O) groups excluding carboxylic acids is 1. The predicted molar refractivity (Wildman–Crippen MR) is 93.6 cm³/mol. The molecule has 25 heavy (non-hydrogen) atoms. The highest BCUT2D eigenvalue weighted by Crippen LogP contribution is 2.14. The Bertz CT molecular complexity index is 988. The highest BCUT2D eigenvalue weighted by atomic mass is 16.5. The molecule has 7 heteroatoms. The van der Waals surface area contributed by atoms with Crippen LogP contribution in [0.15, 0.2) is 35.1 Å². The van der Waals surface area contributed by atoms with E-state index in [-0.39, 0.29) is 11.5 Å². The van der Waals surface area contributed by atoms with Crippen molar-refractivity contribution in [1.82, 2.24) is 19.9 Å². The zero-order chi connectivity index (χ0) is 18.0. The van der Waals surface area contributed by atoms with Crippen molar-refractivity contribution in [2.24, 2.45) is 0 Å². The summed E-state index contributed by atoms with van der Waals surface area (Å²) in [5.41, 5.74) is 4.28. The van der Waals surface area contributed by atoms with Gasteiger partial charge in [0, 0.05) is 42.2 Å². The topological polar surface area (TPSA) is 88.5 Å². The Morgan fingerprint density at radius 3 is 2.84 bits per heavy atom. The molecule has 0 radical (unpaired) electrons. The maximum absolute atomic E-state index is 12.6. The summed E-state index contributed by atoms with van der Waals surface area (Å²) in [6, 6.07) is 8.78. The minimum atomic E-state index is -0.204. The molecule has 1 amide bonds. The van der Waals surface area contributed by atoms with Crippen molar-refractivity contribution in [2.75, 3.05) is 7.11 Å². The van der Waals surface area contributed by atoms with Crippen LogP contribution < -0.4 is 10.9 Å². The van der Waals surface area contributed by atoms with Gasteiger partial charge in [0.2, 0.25) is 0 Å². The van der Waals surface area contributed by atoms with Gasteiger partial charge in [0.05, 0.1) is 6.61 Å². The number of amides is 1. The number of rotatable bonds is 5. The fourth-order valence-corrected chi connectivity index (χ4v) is 2.90. The van der Waals surface area contributed by atoms with Crippen molar-refractivity contribution in [1.29, 1.82) is 0 Å². The smallest absolute Gasteiger partial charge is 0.266 e. The van der Waals surface area contributed by atoms with Crippen molar-refractivity contribution in [2.45, 2.75) is 27.0 Å². The van der Waals surface area contributed by atoms with Crippen molar-refractivity contribution in [3.63, 3.8) is 0 Å². The lowest BCUT2D eigenvalue weighted by Crippen LogP contribution is -2.25. The molecule has 1 aromatic carbocycles. The zero-order valence-electron chi connectivity index (χ0n) is 14.4. The molecule has 0 fully saturated rings. The van der Waals surface area contributed by atoms with Crippen LogP contribution in [0.25, 0.3) is 5.65 Å². The Morgan fingerprint density at radius 2 is 2.08 bits per heavy atom. The largest absolute Gasteiger partial charge is 0.380 e. The van der Waals surface area contributed by atoms with Crippen molar-refractivity contribution >= 4 is 11.6 Å². The number of benzene rings is 1. The van der Waals surface area contributed by atoms with Crippen LogP contribution in [0.4, 0.5) is 0 Å². The number of carbonyl (C=O) groups is 1. The summed E-state index contributed by atoms with van der Waals surface area (Å²) in [5, 5.41) is 5.64. The van der Waals surface area contributed by atoms with Crippen LogP contribution in [0.2, 0.25) is 0 Å². The Kier molecular flexibility index (Phi) is 4.67. The van der Waals surface area contributed by atoms with E-state index in [0.29, 0.717) is 24.4 Å². The minimum absolute atomic E-state index is 0.174. The van der Waals surface area contributed by atoms with Gasteiger partial charge >= 0.3 is 0 Å². The van der Waals surface area contributed by atoms with Crippen LogP contribution in [0.1, 0.15) is 32.9 Å². The molecule has 0 unspecified atom stereocenters. The van der Waals surface area contributed by atoms with E-state index >= 15 is 0 Å². The minimum Gasteiger partial charge on any atom is -0.380 e. The van der Waals surface area contributed by atoms with Gasteiger partial charge in [-0.25, -0.2) is 9.50 Å². The number of H-pyrrole nitrogens is 1. The number of nitrogens with zero attached hydrogens (tertiary/aromatic N) is 2. The molecule has 0 saturated carbocycles. The van der Waals surface area contributed by atoms with E-state index in [4.69, 9.17) is 4.74 Å². The number of hydrogen-bond acceptors (Lipinski definition) is 4. The summed E-state index contributed by atoms with van der Waals surface area (Å²) in [5.74, 6) is -0.174. The number of methoxy groups -OCH3 is 1. The fraction of sp³-hybridized carbons (Fsp3) is 0.278. The van der Waals surface area contributed by atoms with E-state index in [2.05, 4.69) is 15.4 Å². The van der Waals surface area contributed by atoms with E-state index in [9.17, 15) is 9.59 Å². The van der Waals surface area contributed by atoms with E-state index in [1.54, 1.807) is 17.7 Å². The second kappa shape index (κ2) is 6.90. The first-order valence-corrected chi connectivity index (χ1v) is 7.94. The van der Waals surface area contributed by atoms with Gasteiger partial charge in [-0.15, -0.1) is 0 Å². The molecule has 0 aliphatic heterocycles. The van der Waals surface area contributed by atoms with Crippen LogP contribution in [0, 0.1) is 13.8 Å². The lowest BCUT2D eigenvalue weighted by atomic mass is 10.1. The van der Waals surface area contributed by atoms with Gasteiger partial charge in [0.25, 0.3) is 11.5 Å². The second-order valence-corrected chi connectivity index (χ2v) is 5.85. The Labute approximate surface area is 144 Å².